The molecule has 1 atom stereocenters. The lowest BCUT2D eigenvalue weighted by atomic mass is 10.2. The number of nitrogens with one attached hydrogen (secondary N) is 2. The summed E-state index contributed by atoms with van der Waals surface area (Å²) in [5.41, 5.74) is 0. The lowest BCUT2D eigenvalue weighted by Gasteiger charge is -2.11. The Labute approximate surface area is 108 Å². The molecule has 4 nitrogen and oxygen atoms in total. The Morgan fingerprint density at radius 1 is 1.39 bits per heavy atom. The second kappa shape index (κ2) is 7.01. The van der Waals surface area contributed by atoms with Gasteiger partial charge in [0.1, 0.15) is 5.75 Å². The number of carbonyl (C=O) groups is 1. The molecule has 98 valence electrons. The van der Waals surface area contributed by atoms with E-state index in [1.807, 2.05) is 30.3 Å². The first kappa shape index (κ1) is 12.9. The minimum Gasteiger partial charge on any atom is -0.494 e. The molecule has 18 heavy (non-hydrogen) atoms. The zero-order chi connectivity index (χ0) is 12.6. The molecule has 1 amide bonds. The summed E-state index contributed by atoms with van der Waals surface area (Å²) in [6, 6.07) is 9.73. The number of ether oxygens (including phenoxy) is 1. The van der Waals surface area contributed by atoms with Crippen molar-refractivity contribution in [3.8, 4) is 5.75 Å². The van der Waals surface area contributed by atoms with Gasteiger partial charge in [-0.05, 0) is 37.9 Å². The van der Waals surface area contributed by atoms with Crippen LogP contribution in [0.15, 0.2) is 30.3 Å². The standard InChI is InChI=1S/C14H20N2O2/c17-14(13-8-4-9-15-13)16-10-5-11-18-12-6-2-1-3-7-12/h1-3,6-7,13,15H,4-5,8-11H2,(H,16,17)/t13-/m1/s1. The van der Waals surface area contributed by atoms with E-state index in [0.29, 0.717) is 13.2 Å². The van der Waals surface area contributed by atoms with Crippen molar-refractivity contribution in [3.63, 3.8) is 0 Å². The lowest BCUT2D eigenvalue weighted by Crippen LogP contribution is -2.40. The quantitative estimate of drug-likeness (QED) is 0.747. The molecule has 0 aromatic heterocycles. The van der Waals surface area contributed by atoms with E-state index >= 15 is 0 Å². The molecule has 1 aromatic rings. The first-order valence-corrected chi connectivity index (χ1v) is 6.55. The number of rotatable bonds is 6. The Morgan fingerprint density at radius 3 is 2.94 bits per heavy atom. The summed E-state index contributed by atoms with van der Waals surface area (Å²) >= 11 is 0. The number of hydrogen-bond acceptors (Lipinski definition) is 3. The molecule has 0 unspecified atom stereocenters. The molecule has 2 N–H and O–H groups in total. The van der Waals surface area contributed by atoms with Gasteiger partial charge in [-0.2, -0.15) is 0 Å². The van der Waals surface area contributed by atoms with Crippen molar-refractivity contribution in [2.24, 2.45) is 0 Å². The third-order valence-corrected chi connectivity index (χ3v) is 3.01. The first-order chi connectivity index (χ1) is 8.86. The first-order valence-electron chi connectivity index (χ1n) is 6.55. The third-order valence-electron chi connectivity index (χ3n) is 3.01. The summed E-state index contributed by atoms with van der Waals surface area (Å²) in [7, 11) is 0. The fourth-order valence-corrected chi connectivity index (χ4v) is 2.02. The summed E-state index contributed by atoms with van der Waals surface area (Å²) in [5.74, 6) is 0.994. The van der Waals surface area contributed by atoms with Crippen molar-refractivity contribution < 1.29 is 9.53 Å². The van der Waals surface area contributed by atoms with Crippen LogP contribution in [0.5, 0.6) is 5.75 Å². The van der Waals surface area contributed by atoms with Crippen LogP contribution in [-0.4, -0.2) is 31.6 Å². The van der Waals surface area contributed by atoms with Gasteiger partial charge in [-0.15, -0.1) is 0 Å². The van der Waals surface area contributed by atoms with E-state index in [1.54, 1.807) is 0 Å². The summed E-state index contributed by atoms with van der Waals surface area (Å²) < 4.78 is 5.55. The maximum absolute atomic E-state index is 11.7. The van der Waals surface area contributed by atoms with Crippen LogP contribution in [0.3, 0.4) is 0 Å². The van der Waals surface area contributed by atoms with Crippen LogP contribution in [0, 0.1) is 0 Å². The van der Waals surface area contributed by atoms with Gasteiger partial charge in [0.2, 0.25) is 5.91 Å². The molecule has 1 aliphatic rings. The van der Waals surface area contributed by atoms with Crippen LogP contribution in [0.2, 0.25) is 0 Å². The predicted octanol–water partition coefficient (Wildman–Crippen LogP) is 1.32. The Bertz CT molecular complexity index is 361. The van der Waals surface area contributed by atoms with E-state index in [-0.39, 0.29) is 11.9 Å². The molecule has 0 spiro atoms. The van der Waals surface area contributed by atoms with Crippen molar-refractivity contribution in [2.45, 2.75) is 25.3 Å². The van der Waals surface area contributed by atoms with E-state index < -0.39 is 0 Å². The Morgan fingerprint density at radius 2 is 2.22 bits per heavy atom. The van der Waals surface area contributed by atoms with E-state index in [2.05, 4.69) is 10.6 Å². The number of hydrogen-bond donors (Lipinski definition) is 2. The van der Waals surface area contributed by atoms with Crippen LogP contribution in [0.25, 0.3) is 0 Å². The SMILES string of the molecule is O=C(NCCCOc1ccccc1)[C@H]1CCCN1. The van der Waals surface area contributed by atoms with Gasteiger partial charge in [-0.25, -0.2) is 0 Å². The third kappa shape index (κ3) is 4.04. The highest BCUT2D eigenvalue weighted by Crippen LogP contribution is 2.08. The fourth-order valence-electron chi connectivity index (χ4n) is 2.02. The van der Waals surface area contributed by atoms with Crippen molar-refractivity contribution in [1.82, 2.24) is 10.6 Å². The van der Waals surface area contributed by atoms with Gasteiger partial charge in [0, 0.05) is 6.54 Å². The summed E-state index contributed by atoms with van der Waals surface area (Å²) in [5, 5.41) is 6.11. The summed E-state index contributed by atoms with van der Waals surface area (Å²) in [6.07, 6.45) is 2.87. The number of carbonyl (C=O) groups excluding carboxylic acids is 1. The highest BCUT2D eigenvalue weighted by Gasteiger charge is 2.20. The van der Waals surface area contributed by atoms with E-state index in [0.717, 1.165) is 31.6 Å². The molecule has 0 radical (unpaired) electrons. The molecule has 1 saturated heterocycles. The molecule has 4 heteroatoms. The Balaban J connectivity index is 1.54. The molecule has 1 aromatic carbocycles. The second-order valence-corrected chi connectivity index (χ2v) is 4.46. The van der Waals surface area contributed by atoms with Gasteiger partial charge in [-0.1, -0.05) is 18.2 Å². The zero-order valence-corrected chi connectivity index (χ0v) is 10.5. The minimum atomic E-state index is 0.0139. The monoisotopic (exact) mass is 248 g/mol. The second-order valence-electron chi connectivity index (χ2n) is 4.46. The molecular weight excluding hydrogens is 228 g/mol. The van der Waals surface area contributed by atoms with Gasteiger partial charge in [0.05, 0.1) is 12.6 Å². The van der Waals surface area contributed by atoms with Crippen LogP contribution < -0.4 is 15.4 Å². The van der Waals surface area contributed by atoms with Gasteiger partial charge >= 0.3 is 0 Å². The average molecular weight is 248 g/mol. The molecule has 0 saturated carbocycles. The van der Waals surface area contributed by atoms with Gasteiger partial charge in [-0.3, -0.25) is 4.79 Å². The highest BCUT2D eigenvalue weighted by atomic mass is 16.5. The molecular formula is C14H20N2O2. The molecule has 1 aliphatic heterocycles. The Hall–Kier alpha value is -1.55. The highest BCUT2D eigenvalue weighted by molar-refractivity contribution is 5.81. The van der Waals surface area contributed by atoms with Crippen molar-refractivity contribution in [2.75, 3.05) is 19.7 Å². The van der Waals surface area contributed by atoms with Crippen molar-refractivity contribution in [3.05, 3.63) is 30.3 Å². The lowest BCUT2D eigenvalue weighted by molar-refractivity contribution is -0.122. The summed E-state index contributed by atoms with van der Waals surface area (Å²) in [4.78, 5) is 11.7. The van der Waals surface area contributed by atoms with E-state index in [9.17, 15) is 4.79 Å². The van der Waals surface area contributed by atoms with Crippen LogP contribution in [0.1, 0.15) is 19.3 Å². The predicted molar refractivity (Wildman–Crippen MR) is 70.6 cm³/mol. The molecule has 0 aliphatic carbocycles. The number of para-hydroxylation sites is 1. The fraction of sp³-hybridized carbons (Fsp3) is 0.500. The largest absolute Gasteiger partial charge is 0.494 e. The summed E-state index contributed by atoms with van der Waals surface area (Å²) in [6.45, 7) is 2.25. The maximum atomic E-state index is 11.7. The maximum Gasteiger partial charge on any atom is 0.237 e. The molecule has 0 bridgehead atoms. The normalized spacial score (nSPS) is 18.6. The van der Waals surface area contributed by atoms with E-state index in [1.165, 1.54) is 0 Å². The molecule has 1 heterocycles. The topological polar surface area (TPSA) is 50.4 Å². The zero-order valence-electron chi connectivity index (χ0n) is 10.5. The van der Waals surface area contributed by atoms with Gasteiger partial charge in [0.15, 0.2) is 0 Å². The van der Waals surface area contributed by atoms with Gasteiger partial charge in [0.25, 0.3) is 0 Å². The minimum absolute atomic E-state index is 0.0139. The average Bonchev–Trinajstić information content (AvgIpc) is 2.93. The van der Waals surface area contributed by atoms with E-state index in [4.69, 9.17) is 4.74 Å². The number of benzene rings is 1. The van der Waals surface area contributed by atoms with Crippen molar-refractivity contribution >= 4 is 5.91 Å². The van der Waals surface area contributed by atoms with Gasteiger partial charge < -0.3 is 15.4 Å². The van der Waals surface area contributed by atoms with Crippen LogP contribution >= 0.6 is 0 Å². The Kier molecular flexibility index (Phi) is 5.02. The molecule has 2 rings (SSSR count). The van der Waals surface area contributed by atoms with Crippen molar-refractivity contribution in [1.29, 1.82) is 0 Å². The number of amides is 1. The van der Waals surface area contributed by atoms with Crippen LogP contribution in [-0.2, 0) is 4.79 Å². The smallest absolute Gasteiger partial charge is 0.237 e. The van der Waals surface area contributed by atoms with Crippen LogP contribution in [0.4, 0.5) is 0 Å². The molecule has 1 fully saturated rings.